The van der Waals surface area contributed by atoms with Gasteiger partial charge in [-0.25, -0.2) is 9.97 Å². The quantitative estimate of drug-likeness (QED) is 0.460. The van der Waals surface area contributed by atoms with Gasteiger partial charge >= 0.3 is 0 Å². The highest BCUT2D eigenvalue weighted by atomic mass is 32.1. The molecule has 0 unspecified atom stereocenters. The van der Waals surface area contributed by atoms with Crippen LogP contribution in [0.1, 0.15) is 5.82 Å². The van der Waals surface area contributed by atoms with E-state index < -0.39 is 0 Å². The van der Waals surface area contributed by atoms with Crippen molar-refractivity contribution in [3.05, 3.63) is 54.6 Å². The summed E-state index contributed by atoms with van der Waals surface area (Å²) in [6.45, 7) is 1.74. The molecule has 12 heteroatoms. The van der Waals surface area contributed by atoms with E-state index in [-0.39, 0.29) is 22.9 Å². The fourth-order valence-corrected chi connectivity index (χ4v) is 2.79. The lowest BCUT2D eigenvalue weighted by atomic mass is 10.2. The Balaban J connectivity index is 1.64. The van der Waals surface area contributed by atoms with Crippen LogP contribution in [-0.4, -0.2) is 34.3 Å². The predicted octanol–water partition coefficient (Wildman–Crippen LogP) is 4.67. The number of phenolic OH excluding ortho intramolecular Hbond substituents is 2. The molecule has 4 rings (SSSR count). The van der Waals surface area contributed by atoms with Crippen molar-refractivity contribution < 1.29 is 10.2 Å². The minimum absolute atomic E-state index is 0.0998. The maximum Gasteiger partial charge on any atom is 0.249 e. The Hall–Kier alpha value is -4.06. The Morgan fingerprint density at radius 1 is 0.966 bits per heavy atom. The summed E-state index contributed by atoms with van der Waals surface area (Å²) in [5, 5.41) is 40.9. The average molecular weight is 407 g/mol. The lowest BCUT2D eigenvalue weighted by Gasteiger charge is -2.04. The van der Waals surface area contributed by atoms with Crippen LogP contribution >= 0.6 is 11.5 Å². The van der Waals surface area contributed by atoms with Gasteiger partial charge < -0.3 is 10.2 Å². The van der Waals surface area contributed by atoms with Gasteiger partial charge in [-0.15, -0.1) is 20.5 Å². The Bertz CT molecular complexity index is 1200. The molecule has 11 nitrogen and oxygen atoms in total. The van der Waals surface area contributed by atoms with Crippen molar-refractivity contribution in [3.63, 3.8) is 0 Å². The third-order valence-electron chi connectivity index (χ3n) is 3.61. The number of rotatable bonds is 5. The number of phenols is 2. The van der Waals surface area contributed by atoms with Crippen LogP contribution in [0.5, 0.6) is 11.5 Å². The molecule has 0 saturated heterocycles. The van der Waals surface area contributed by atoms with E-state index in [2.05, 4.69) is 39.9 Å². The number of benzene rings is 1. The number of hydrogen-bond acceptors (Lipinski definition) is 11. The van der Waals surface area contributed by atoms with Crippen molar-refractivity contribution in [1.82, 2.24) is 24.1 Å². The zero-order valence-electron chi connectivity index (χ0n) is 14.9. The van der Waals surface area contributed by atoms with Gasteiger partial charge in [-0.3, -0.25) is 0 Å². The van der Waals surface area contributed by atoms with Crippen LogP contribution in [0.25, 0.3) is 5.82 Å². The first-order valence-electron chi connectivity index (χ1n) is 8.26. The van der Waals surface area contributed by atoms with Gasteiger partial charge in [-0.05, 0) is 31.2 Å². The first-order chi connectivity index (χ1) is 14.1. The third-order valence-corrected chi connectivity index (χ3v) is 4.30. The zero-order valence-corrected chi connectivity index (χ0v) is 15.8. The number of hydrogen-bond donors (Lipinski definition) is 2. The predicted molar refractivity (Wildman–Crippen MR) is 104 cm³/mol. The molecule has 2 N–H and O–H groups in total. The lowest BCUT2D eigenvalue weighted by Crippen LogP contribution is -1.97. The third kappa shape index (κ3) is 3.96. The average Bonchev–Trinajstić information content (AvgIpc) is 3.37. The van der Waals surface area contributed by atoms with Gasteiger partial charge in [0.1, 0.15) is 17.3 Å². The van der Waals surface area contributed by atoms with Crippen LogP contribution in [0.2, 0.25) is 0 Å². The zero-order chi connectivity index (χ0) is 20.2. The van der Waals surface area contributed by atoms with E-state index in [1.165, 1.54) is 23.0 Å². The van der Waals surface area contributed by atoms with E-state index in [4.69, 9.17) is 0 Å². The molecule has 0 aliphatic carbocycles. The van der Waals surface area contributed by atoms with Crippen molar-refractivity contribution in [1.29, 1.82) is 0 Å². The Kier molecular flexibility index (Phi) is 4.99. The molecule has 0 fully saturated rings. The van der Waals surface area contributed by atoms with Gasteiger partial charge in [-0.2, -0.15) is 14.2 Å². The molecule has 0 radical (unpaired) electrons. The molecule has 0 aliphatic rings. The maximum atomic E-state index is 10.4. The summed E-state index contributed by atoms with van der Waals surface area (Å²) in [6.07, 6.45) is 3.17. The smallest absolute Gasteiger partial charge is 0.249 e. The molecule has 0 bridgehead atoms. The highest BCUT2D eigenvalue weighted by Gasteiger charge is 2.13. The highest BCUT2D eigenvalue weighted by Crippen LogP contribution is 2.44. The molecular weight excluding hydrogens is 394 g/mol. The Labute approximate surface area is 167 Å². The van der Waals surface area contributed by atoms with E-state index in [1.807, 2.05) is 6.07 Å². The van der Waals surface area contributed by atoms with Crippen molar-refractivity contribution in [2.24, 2.45) is 20.5 Å². The summed E-state index contributed by atoms with van der Waals surface area (Å²) in [6, 6.07) is 9.72. The molecule has 0 atom stereocenters. The number of nitrogens with zero attached hydrogens (tertiary/aromatic N) is 9. The summed E-state index contributed by atoms with van der Waals surface area (Å²) in [5.74, 6) is 0.857. The van der Waals surface area contributed by atoms with E-state index in [1.54, 1.807) is 31.3 Å². The standard InChI is InChI=1S/C17H13N9O2S/c1-10-20-17(29-25-10)24-21-11-5-6-12(27)15(16(11)28)23-22-14-7-9-19-26(14)13-4-2-3-8-18-13/h2-9,27-28H,1H3/b23-22+,24-21+. The van der Waals surface area contributed by atoms with E-state index in [9.17, 15) is 10.2 Å². The van der Waals surface area contributed by atoms with E-state index in [0.717, 1.165) is 11.5 Å². The molecule has 29 heavy (non-hydrogen) atoms. The second-order valence-corrected chi connectivity index (χ2v) is 6.34. The molecule has 3 heterocycles. The number of aromatic hydroxyl groups is 2. The first kappa shape index (κ1) is 18.3. The highest BCUT2D eigenvalue weighted by molar-refractivity contribution is 7.09. The molecule has 4 aromatic rings. The maximum absolute atomic E-state index is 10.4. The van der Waals surface area contributed by atoms with Crippen LogP contribution in [0, 0.1) is 6.92 Å². The largest absolute Gasteiger partial charge is 0.505 e. The van der Waals surface area contributed by atoms with Crippen LogP contribution in [-0.2, 0) is 0 Å². The Morgan fingerprint density at radius 3 is 2.62 bits per heavy atom. The monoisotopic (exact) mass is 407 g/mol. The van der Waals surface area contributed by atoms with Gasteiger partial charge in [-0.1, -0.05) is 6.07 Å². The van der Waals surface area contributed by atoms with Gasteiger partial charge in [0.15, 0.2) is 23.1 Å². The topological polar surface area (TPSA) is 146 Å². The fraction of sp³-hybridized carbons (Fsp3) is 0.0588. The molecule has 1 aromatic carbocycles. The van der Waals surface area contributed by atoms with Crippen LogP contribution in [0.15, 0.2) is 69.2 Å². The SMILES string of the molecule is Cc1nsc(/N=N/c2ccc(O)c(/N=N/c3ccnn3-c3ccccn3)c2O)n1. The van der Waals surface area contributed by atoms with E-state index >= 15 is 0 Å². The van der Waals surface area contributed by atoms with Crippen LogP contribution < -0.4 is 0 Å². The summed E-state index contributed by atoms with van der Waals surface area (Å²) in [7, 11) is 0. The molecule has 144 valence electrons. The summed E-state index contributed by atoms with van der Waals surface area (Å²) >= 11 is 1.08. The second-order valence-electron chi connectivity index (χ2n) is 5.61. The number of aryl methyl sites for hydroxylation is 1. The summed E-state index contributed by atoms with van der Waals surface area (Å²) in [5.41, 5.74) is -0.0495. The minimum atomic E-state index is -0.373. The van der Waals surface area contributed by atoms with Gasteiger partial charge in [0.25, 0.3) is 0 Å². The summed E-state index contributed by atoms with van der Waals surface area (Å²) in [4.78, 5) is 8.27. The first-order valence-corrected chi connectivity index (χ1v) is 9.03. The second kappa shape index (κ2) is 7.90. The van der Waals surface area contributed by atoms with Gasteiger partial charge in [0.2, 0.25) is 5.13 Å². The normalized spacial score (nSPS) is 11.6. The van der Waals surface area contributed by atoms with Crippen molar-refractivity contribution in [2.45, 2.75) is 6.92 Å². The molecule has 3 aromatic heterocycles. The molecule has 0 saturated carbocycles. The fourth-order valence-electron chi connectivity index (χ4n) is 2.29. The van der Waals surface area contributed by atoms with Crippen molar-refractivity contribution in [3.8, 4) is 17.3 Å². The van der Waals surface area contributed by atoms with Crippen LogP contribution in [0.3, 0.4) is 0 Å². The summed E-state index contributed by atoms with van der Waals surface area (Å²) < 4.78 is 5.47. The molecule has 0 amide bonds. The van der Waals surface area contributed by atoms with E-state index in [0.29, 0.717) is 22.6 Å². The minimum Gasteiger partial charge on any atom is -0.505 e. The molecule has 0 aliphatic heterocycles. The van der Waals surface area contributed by atoms with Gasteiger partial charge in [0.05, 0.1) is 6.20 Å². The number of pyridine rings is 1. The van der Waals surface area contributed by atoms with Crippen LogP contribution in [0.4, 0.5) is 22.3 Å². The number of aromatic nitrogens is 5. The molecule has 0 spiro atoms. The van der Waals surface area contributed by atoms with Gasteiger partial charge in [0, 0.05) is 23.8 Å². The van der Waals surface area contributed by atoms with Crippen molar-refractivity contribution >= 4 is 33.9 Å². The van der Waals surface area contributed by atoms with Crippen molar-refractivity contribution in [2.75, 3.05) is 0 Å². The number of azo groups is 2. The lowest BCUT2D eigenvalue weighted by molar-refractivity contribution is 0.453. The Morgan fingerprint density at radius 2 is 1.86 bits per heavy atom. The molecular formula is C17H13N9O2S.